The van der Waals surface area contributed by atoms with Crippen molar-refractivity contribution in [2.45, 2.75) is 18.9 Å². The maximum absolute atomic E-state index is 5.47. The highest BCUT2D eigenvalue weighted by molar-refractivity contribution is 5.56. The normalized spacial score (nSPS) is 18.2. The lowest BCUT2D eigenvalue weighted by Crippen LogP contribution is -2.18. The Bertz CT molecular complexity index is 302. The zero-order valence-electron chi connectivity index (χ0n) is 9.74. The number of nitrogens with one attached hydrogen (secondary N) is 1. The molecule has 1 aliphatic heterocycles. The van der Waals surface area contributed by atoms with Crippen molar-refractivity contribution in [1.82, 2.24) is 0 Å². The van der Waals surface area contributed by atoms with E-state index in [-0.39, 0.29) is 0 Å². The van der Waals surface area contributed by atoms with Crippen molar-refractivity contribution in [2.75, 3.05) is 32.2 Å². The number of hydrogen-bond donors (Lipinski definition) is 1. The Morgan fingerprint density at radius 2 is 2.12 bits per heavy atom. The second kappa shape index (κ2) is 5.87. The van der Waals surface area contributed by atoms with Gasteiger partial charge in [0.1, 0.15) is 0 Å². The Labute approximate surface area is 96.8 Å². The topological polar surface area (TPSA) is 30.5 Å². The summed E-state index contributed by atoms with van der Waals surface area (Å²) in [6.07, 6.45) is 2.17. The molecule has 1 unspecified atom stereocenters. The van der Waals surface area contributed by atoms with Crippen LogP contribution in [0.5, 0.6) is 0 Å². The maximum Gasteiger partial charge on any atom is 0.0700 e. The summed E-state index contributed by atoms with van der Waals surface area (Å²) in [6.45, 7) is 2.17. The average molecular weight is 221 g/mol. The number of anilines is 1. The minimum absolute atomic E-state index is 0.528. The molecule has 0 saturated carbocycles. The molecule has 0 aromatic heterocycles. The molecule has 88 valence electrons. The van der Waals surface area contributed by atoms with Crippen LogP contribution < -0.4 is 5.32 Å². The molecule has 0 spiro atoms. The molecule has 0 aliphatic carbocycles. The summed E-state index contributed by atoms with van der Waals surface area (Å²) in [6, 6.07) is 9.02. The Balaban J connectivity index is 1.67. The lowest BCUT2D eigenvalue weighted by Gasteiger charge is -2.11. The molecule has 1 atom stereocenters. The zero-order valence-corrected chi connectivity index (χ0v) is 9.74. The van der Waals surface area contributed by atoms with Crippen LogP contribution in [0.3, 0.4) is 0 Å². The Morgan fingerprint density at radius 3 is 2.94 bits per heavy atom. The minimum Gasteiger partial charge on any atom is -0.382 e. The molecule has 0 bridgehead atoms. The van der Waals surface area contributed by atoms with E-state index in [2.05, 4.69) is 29.6 Å². The number of hydrogen-bond acceptors (Lipinski definition) is 3. The third-order valence-electron chi connectivity index (χ3n) is 2.89. The fourth-order valence-electron chi connectivity index (χ4n) is 2.02. The smallest absolute Gasteiger partial charge is 0.0700 e. The first-order chi connectivity index (χ1) is 7.90. The molecule has 1 heterocycles. The summed E-state index contributed by atoms with van der Waals surface area (Å²) in [4.78, 5) is 0. The lowest BCUT2D eigenvalue weighted by atomic mass is 10.1. The van der Waals surface area contributed by atoms with E-state index in [0.29, 0.717) is 19.3 Å². The number of rotatable bonds is 6. The van der Waals surface area contributed by atoms with Gasteiger partial charge < -0.3 is 14.8 Å². The van der Waals surface area contributed by atoms with Crippen molar-refractivity contribution >= 4 is 5.69 Å². The van der Waals surface area contributed by atoms with E-state index < -0.39 is 0 Å². The molecule has 0 fully saturated rings. The van der Waals surface area contributed by atoms with Gasteiger partial charge in [-0.15, -0.1) is 0 Å². The summed E-state index contributed by atoms with van der Waals surface area (Å²) >= 11 is 0. The molecule has 3 heteroatoms. The third kappa shape index (κ3) is 2.97. The molecule has 1 aromatic rings. The van der Waals surface area contributed by atoms with Crippen molar-refractivity contribution in [3.63, 3.8) is 0 Å². The number of fused-ring (bicyclic) bond motifs is 1. The van der Waals surface area contributed by atoms with Gasteiger partial charge >= 0.3 is 0 Å². The van der Waals surface area contributed by atoms with Crippen LogP contribution in [0.2, 0.25) is 0 Å². The summed E-state index contributed by atoms with van der Waals surface area (Å²) < 4.78 is 10.4. The van der Waals surface area contributed by atoms with Crippen LogP contribution in [-0.4, -0.2) is 33.0 Å². The SMILES string of the molecule is COCCOCCC1Cc2ccccc2N1. The second-order valence-corrected chi connectivity index (χ2v) is 4.10. The van der Waals surface area contributed by atoms with Crippen LogP contribution in [0, 0.1) is 0 Å². The van der Waals surface area contributed by atoms with Crippen LogP contribution in [0.25, 0.3) is 0 Å². The van der Waals surface area contributed by atoms with E-state index >= 15 is 0 Å². The third-order valence-corrected chi connectivity index (χ3v) is 2.89. The first kappa shape index (κ1) is 11.4. The van der Waals surface area contributed by atoms with Gasteiger partial charge in [0.05, 0.1) is 13.2 Å². The number of para-hydroxylation sites is 1. The van der Waals surface area contributed by atoms with Crippen LogP contribution in [-0.2, 0) is 15.9 Å². The molecule has 2 rings (SSSR count). The van der Waals surface area contributed by atoms with Crippen LogP contribution in [0.4, 0.5) is 5.69 Å². The molecule has 1 N–H and O–H groups in total. The molecule has 0 amide bonds. The molecule has 3 nitrogen and oxygen atoms in total. The van der Waals surface area contributed by atoms with Crippen molar-refractivity contribution in [3.8, 4) is 0 Å². The van der Waals surface area contributed by atoms with Gasteiger partial charge in [-0.05, 0) is 24.5 Å². The Morgan fingerprint density at radius 1 is 1.25 bits per heavy atom. The molecule has 16 heavy (non-hydrogen) atoms. The average Bonchev–Trinajstić information content (AvgIpc) is 2.71. The van der Waals surface area contributed by atoms with E-state index in [9.17, 15) is 0 Å². The van der Waals surface area contributed by atoms with Crippen LogP contribution in [0.1, 0.15) is 12.0 Å². The molecular weight excluding hydrogens is 202 g/mol. The highest BCUT2D eigenvalue weighted by atomic mass is 16.5. The first-order valence-corrected chi connectivity index (χ1v) is 5.81. The fraction of sp³-hybridized carbons (Fsp3) is 0.538. The van der Waals surface area contributed by atoms with Gasteiger partial charge in [0, 0.05) is 25.4 Å². The standard InChI is InChI=1S/C13H19NO2/c1-15-8-9-16-7-6-12-10-11-4-2-3-5-13(11)14-12/h2-5,12,14H,6-10H2,1H3. The molecular formula is C13H19NO2. The zero-order chi connectivity index (χ0) is 11.2. The van der Waals surface area contributed by atoms with Crippen LogP contribution in [0.15, 0.2) is 24.3 Å². The Hall–Kier alpha value is -1.06. The van der Waals surface area contributed by atoms with Gasteiger partial charge in [-0.1, -0.05) is 18.2 Å². The van der Waals surface area contributed by atoms with Gasteiger partial charge in [-0.3, -0.25) is 0 Å². The van der Waals surface area contributed by atoms with Crippen LogP contribution >= 0.6 is 0 Å². The van der Waals surface area contributed by atoms with Crippen molar-refractivity contribution in [2.24, 2.45) is 0 Å². The molecule has 0 radical (unpaired) electrons. The predicted molar refractivity (Wildman–Crippen MR) is 64.9 cm³/mol. The van der Waals surface area contributed by atoms with Gasteiger partial charge in [-0.25, -0.2) is 0 Å². The van der Waals surface area contributed by atoms with E-state index in [1.54, 1.807) is 7.11 Å². The highest BCUT2D eigenvalue weighted by Crippen LogP contribution is 2.26. The van der Waals surface area contributed by atoms with Crippen molar-refractivity contribution < 1.29 is 9.47 Å². The number of ether oxygens (including phenoxy) is 2. The first-order valence-electron chi connectivity index (χ1n) is 5.81. The van der Waals surface area contributed by atoms with Crippen molar-refractivity contribution in [1.29, 1.82) is 0 Å². The van der Waals surface area contributed by atoms with Gasteiger partial charge in [-0.2, -0.15) is 0 Å². The van der Waals surface area contributed by atoms with E-state index in [0.717, 1.165) is 19.4 Å². The minimum atomic E-state index is 0.528. The quantitative estimate of drug-likeness (QED) is 0.746. The monoisotopic (exact) mass is 221 g/mol. The molecule has 1 aliphatic rings. The van der Waals surface area contributed by atoms with E-state index in [1.807, 2.05) is 0 Å². The fourth-order valence-corrected chi connectivity index (χ4v) is 2.02. The summed E-state index contributed by atoms with van der Waals surface area (Å²) in [5.74, 6) is 0. The molecule has 0 saturated heterocycles. The van der Waals surface area contributed by atoms with E-state index in [4.69, 9.17) is 9.47 Å². The van der Waals surface area contributed by atoms with Crippen molar-refractivity contribution in [3.05, 3.63) is 29.8 Å². The highest BCUT2D eigenvalue weighted by Gasteiger charge is 2.18. The van der Waals surface area contributed by atoms with Gasteiger partial charge in [0.2, 0.25) is 0 Å². The second-order valence-electron chi connectivity index (χ2n) is 4.10. The van der Waals surface area contributed by atoms with Gasteiger partial charge in [0.15, 0.2) is 0 Å². The lowest BCUT2D eigenvalue weighted by molar-refractivity contribution is 0.0680. The van der Waals surface area contributed by atoms with E-state index in [1.165, 1.54) is 11.3 Å². The maximum atomic E-state index is 5.47. The summed E-state index contributed by atoms with van der Waals surface area (Å²) in [5, 5.41) is 3.51. The Kier molecular flexibility index (Phi) is 4.19. The van der Waals surface area contributed by atoms with Gasteiger partial charge in [0.25, 0.3) is 0 Å². The number of methoxy groups -OCH3 is 1. The largest absolute Gasteiger partial charge is 0.382 e. The molecule has 1 aromatic carbocycles. The predicted octanol–water partition coefficient (Wildman–Crippen LogP) is 2.08. The summed E-state index contributed by atoms with van der Waals surface area (Å²) in [7, 11) is 1.69. The summed E-state index contributed by atoms with van der Waals surface area (Å²) in [5.41, 5.74) is 2.70. The number of benzene rings is 1.